The topological polar surface area (TPSA) is 127 Å². The summed E-state index contributed by atoms with van der Waals surface area (Å²) in [5.41, 5.74) is 6.12. The van der Waals surface area contributed by atoms with Crippen LogP contribution in [-0.4, -0.2) is 46.1 Å². The molecule has 0 aromatic carbocycles. The lowest BCUT2D eigenvalue weighted by Gasteiger charge is -2.12. The third kappa shape index (κ3) is 1.96. The monoisotopic (exact) mass is 268 g/mol. The zero-order chi connectivity index (χ0) is 12.8. The van der Waals surface area contributed by atoms with Crippen LogP contribution in [-0.2, 0) is 9.84 Å². The largest absolute Gasteiger partial charge is 0.368 e. The highest BCUT2D eigenvalue weighted by Gasteiger charge is 2.28. The number of rotatable bonds is 2. The van der Waals surface area contributed by atoms with Crippen LogP contribution in [0.2, 0.25) is 0 Å². The fourth-order valence-electron chi connectivity index (χ4n) is 2.06. The molecule has 1 atom stereocenters. The van der Waals surface area contributed by atoms with Crippen LogP contribution in [0.25, 0.3) is 11.0 Å². The van der Waals surface area contributed by atoms with Gasteiger partial charge in [-0.15, -0.1) is 0 Å². The summed E-state index contributed by atoms with van der Waals surface area (Å²) in [6, 6.07) is -0.137. The van der Waals surface area contributed by atoms with E-state index in [4.69, 9.17) is 5.73 Å². The Labute approximate surface area is 103 Å². The fraction of sp³-hybridized carbons (Fsp3) is 0.444. The zero-order valence-electron chi connectivity index (χ0n) is 9.42. The van der Waals surface area contributed by atoms with Gasteiger partial charge < -0.3 is 11.1 Å². The van der Waals surface area contributed by atoms with Gasteiger partial charge in [-0.2, -0.15) is 15.1 Å². The van der Waals surface area contributed by atoms with Crippen molar-refractivity contribution in [3.8, 4) is 0 Å². The van der Waals surface area contributed by atoms with Crippen LogP contribution >= 0.6 is 0 Å². The third-order valence-electron chi connectivity index (χ3n) is 2.90. The Hall–Kier alpha value is -1.90. The Balaban J connectivity index is 1.93. The summed E-state index contributed by atoms with van der Waals surface area (Å²) in [6.45, 7) is 0. The van der Waals surface area contributed by atoms with Crippen LogP contribution in [0.5, 0.6) is 0 Å². The minimum absolute atomic E-state index is 0.120. The predicted octanol–water partition coefficient (Wildman–Crippen LogP) is -0.466. The van der Waals surface area contributed by atoms with E-state index in [2.05, 4.69) is 25.5 Å². The molecule has 0 bridgehead atoms. The van der Waals surface area contributed by atoms with Gasteiger partial charge in [0.05, 0.1) is 23.1 Å². The molecule has 0 amide bonds. The van der Waals surface area contributed by atoms with E-state index in [9.17, 15) is 8.42 Å². The van der Waals surface area contributed by atoms with Gasteiger partial charge >= 0.3 is 0 Å². The highest BCUT2D eigenvalue weighted by atomic mass is 32.2. The summed E-state index contributed by atoms with van der Waals surface area (Å²) in [6.07, 6.45) is 2.16. The van der Waals surface area contributed by atoms with Crippen LogP contribution in [0.4, 0.5) is 11.8 Å². The number of aromatic nitrogens is 4. The predicted molar refractivity (Wildman–Crippen MR) is 66.8 cm³/mol. The van der Waals surface area contributed by atoms with Crippen molar-refractivity contribution < 1.29 is 8.42 Å². The quantitative estimate of drug-likeness (QED) is 0.672. The second kappa shape index (κ2) is 3.80. The minimum Gasteiger partial charge on any atom is -0.368 e. The summed E-state index contributed by atoms with van der Waals surface area (Å²) in [7, 11) is -2.93. The van der Waals surface area contributed by atoms with Gasteiger partial charge in [0.2, 0.25) is 5.95 Å². The van der Waals surface area contributed by atoms with E-state index in [0.29, 0.717) is 23.3 Å². The maximum absolute atomic E-state index is 11.4. The standard InChI is InChI=1S/C9H12N6O2S/c10-9-13-7(6-3-11-15-8(6)14-9)12-5-1-2-18(16,17)4-5/h3,5H,1-2,4H2,(H4,10,11,12,13,14,15). The van der Waals surface area contributed by atoms with Gasteiger partial charge in [-0.3, -0.25) is 5.10 Å². The number of nitrogens with one attached hydrogen (secondary N) is 2. The number of aromatic amines is 1. The first-order chi connectivity index (χ1) is 8.53. The summed E-state index contributed by atoms with van der Waals surface area (Å²) in [4.78, 5) is 8.08. The van der Waals surface area contributed by atoms with Crippen LogP contribution in [0.3, 0.4) is 0 Å². The van der Waals surface area contributed by atoms with Gasteiger partial charge in [-0.05, 0) is 6.42 Å². The van der Waals surface area contributed by atoms with Crippen molar-refractivity contribution in [2.24, 2.45) is 0 Å². The molecule has 2 aromatic rings. The first-order valence-electron chi connectivity index (χ1n) is 5.47. The second-order valence-electron chi connectivity index (χ2n) is 4.31. The number of fused-ring (bicyclic) bond motifs is 1. The van der Waals surface area contributed by atoms with E-state index >= 15 is 0 Å². The van der Waals surface area contributed by atoms with Crippen LogP contribution in [0.1, 0.15) is 6.42 Å². The number of hydrogen-bond donors (Lipinski definition) is 3. The average molecular weight is 268 g/mol. The number of nitrogens with zero attached hydrogens (tertiary/aromatic N) is 3. The molecule has 1 unspecified atom stereocenters. The van der Waals surface area contributed by atoms with E-state index in [1.54, 1.807) is 6.20 Å². The van der Waals surface area contributed by atoms with Gasteiger partial charge in [-0.1, -0.05) is 0 Å². The molecule has 1 aliphatic heterocycles. The molecule has 18 heavy (non-hydrogen) atoms. The van der Waals surface area contributed by atoms with E-state index in [1.165, 1.54) is 0 Å². The molecule has 0 aliphatic carbocycles. The first kappa shape index (κ1) is 11.2. The van der Waals surface area contributed by atoms with E-state index in [1.807, 2.05) is 0 Å². The molecule has 0 saturated carbocycles. The van der Waals surface area contributed by atoms with Gasteiger partial charge in [0, 0.05) is 6.04 Å². The summed E-state index contributed by atoms with van der Waals surface area (Å²) >= 11 is 0. The molecule has 3 rings (SSSR count). The average Bonchev–Trinajstić information content (AvgIpc) is 2.84. The van der Waals surface area contributed by atoms with Crippen molar-refractivity contribution in [3.05, 3.63) is 6.20 Å². The van der Waals surface area contributed by atoms with Crippen molar-refractivity contribution in [2.45, 2.75) is 12.5 Å². The maximum atomic E-state index is 11.4. The van der Waals surface area contributed by atoms with Crippen molar-refractivity contribution in [2.75, 3.05) is 22.6 Å². The molecule has 3 heterocycles. The van der Waals surface area contributed by atoms with E-state index in [-0.39, 0.29) is 23.5 Å². The molecule has 1 saturated heterocycles. The van der Waals surface area contributed by atoms with E-state index < -0.39 is 9.84 Å². The number of anilines is 2. The SMILES string of the molecule is Nc1nc(NC2CCS(=O)(=O)C2)c2cn[nH]c2n1. The van der Waals surface area contributed by atoms with Gasteiger partial charge in [0.25, 0.3) is 0 Å². The third-order valence-corrected chi connectivity index (χ3v) is 4.67. The Morgan fingerprint density at radius 2 is 2.28 bits per heavy atom. The number of sulfone groups is 1. The lowest BCUT2D eigenvalue weighted by Crippen LogP contribution is -2.21. The van der Waals surface area contributed by atoms with Crippen LogP contribution in [0, 0.1) is 0 Å². The number of H-pyrrole nitrogens is 1. The normalized spacial score (nSPS) is 22.3. The Morgan fingerprint density at radius 1 is 1.44 bits per heavy atom. The van der Waals surface area contributed by atoms with Gasteiger partial charge in [-0.25, -0.2) is 8.42 Å². The van der Waals surface area contributed by atoms with Gasteiger partial charge in [0.1, 0.15) is 5.82 Å². The van der Waals surface area contributed by atoms with E-state index in [0.717, 1.165) is 0 Å². The molecule has 1 fully saturated rings. The Kier molecular flexibility index (Phi) is 2.37. The number of hydrogen-bond acceptors (Lipinski definition) is 7. The molecule has 1 aliphatic rings. The second-order valence-corrected chi connectivity index (χ2v) is 6.54. The fourth-order valence-corrected chi connectivity index (χ4v) is 3.74. The molecule has 4 N–H and O–H groups in total. The molecular formula is C9H12N6O2S. The zero-order valence-corrected chi connectivity index (χ0v) is 10.2. The Morgan fingerprint density at radius 3 is 3.00 bits per heavy atom. The summed E-state index contributed by atoms with van der Waals surface area (Å²) < 4.78 is 22.8. The van der Waals surface area contributed by atoms with Crippen molar-refractivity contribution in [3.63, 3.8) is 0 Å². The molecular weight excluding hydrogens is 256 g/mol. The first-order valence-corrected chi connectivity index (χ1v) is 7.29. The molecule has 8 nitrogen and oxygen atoms in total. The lowest BCUT2D eigenvalue weighted by molar-refractivity contribution is 0.602. The van der Waals surface area contributed by atoms with Crippen molar-refractivity contribution in [1.29, 1.82) is 0 Å². The summed E-state index contributed by atoms with van der Waals surface area (Å²) in [5.74, 6) is 0.971. The van der Waals surface area contributed by atoms with Crippen molar-refractivity contribution in [1.82, 2.24) is 20.2 Å². The highest BCUT2D eigenvalue weighted by Crippen LogP contribution is 2.22. The molecule has 0 radical (unpaired) electrons. The lowest BCUT2D eigenvalue weighted by atomic mass is 10.2. The minimum atomic E-state index is -2.93. The smallest absolute Gasteiger partial charge is 0.224 e. The molecule has 0 spiro atoms. The maximum Gasteiger partial charge on any atom is 0.224 e. The van der Waals surface area contributed by atoms with Crippen molar-refractivity contribution >= 4 is 32.6 Å². The number of nitrogen functional groups attached to an aromatic ring is 1. The van der Waals surface area contributed by atoms with Gasteiger partial charge in [0.15, 0.2) is 15.5 Å². The van der Waals surface area contributed by atoms with Crippen LogP contribution < -0.4 is 11.1 Å². The molecule has 96 valence electrons. The molecule has 9 heteroatoms. The Bertz CT molecular complexity index is 694. The number of nitrogens with two attached hydrogens (primary N) is 1. The summed E-state index contributed by atoms with van der Waals surface area (Å²) in [5, 5.41) is 10.4. The highest BCUT2D eigenvalue weighted by molar-refractivity contribution is 7.91. The molecule has 2 aromatic heterocycles. The van der Waals surface area contributed by atoms with Crippen LogP contribution in [0.15, 0.2) is 6.20 Å².